The highest BCUT2D eigenvalue weighted by atomic mass is 35.5. The van der Waals surface area contributed by atoms with Crippen LogP contribution in [0.5, 0.6) is 0 Å². The molecule has 0 unspecified atom stereocenters. The molecule has 4 heteroatoms. The Morgan fingerprint density at radius 3 is 2.61 bits per heavy atom. The Balaban J connectivity index is 2.16. The first kappa shape index (κ1) is 11.2. The summed E-state index contributed by atoms with van der Waals surface area (Å²) in [6, 6.07) is 7.88. The van der Waals surface area contributed by atoms with E-state index in [9.17, 15) is 0 Å². The van der Waals surface area contributed by atoms with E-state index in [1.807, 2.05) is 6.07 Å². The fourth-order valence-electron chi connectivity index (χ4n) is 1.92. The quantitative estimate of drug-likeness (QED) is 0.672. The van der Waals surface area contributed by atoms with Crippen LogP contribution in [0, 0.1) is 13.8 Å². The van der Waals surface area contributed by atoms with Gasteiger partial charge in [-0.15, -0.1) is 0 Å². The van der Waals surface area contributed by atoms with Crippen molar-refractivity contribution in [3.05, 3.63) is 46.7 Å². The van der Waals surface area contributed by atoms with Gasteiger partial charge in [-0.05, 0) is 49.2 Å². The number of imidazole rings is 1. The Kier molecular flexibility index (Phi) is 2.56. The van der Waals surface area contributed by atoms with Gasteiger partial charge in [-0.3, -0.25) is 0 Å². The molecule has 0 aliphatic carbocycles. The third kappa shape index (κ3) is 1.87. The maximum atomic E-state index is 5.78. The van der Waals surface area contributed by atoms with E-state index in [-0.39, 0.29) is 0 Å². The molecule has 1 N–H and O–H groups in total. The van der Waals surface area contributed by atoms with Crippen molar-refractivity contribution in [2.45, 2.75) is 13.8 Å². The highest BCUT2D eigenvalue weighted by Crippen LogP contribution is 2.23. The summed E-state index contributed by atoms with van der Waals surface area (Å²) >= 11 is 5.78. The molecule has 1 aromatic carbocycles. The van der Waals surface area contributed by atoms with E-state index < -0.39 is 0 Å². The number of nitrogens with zero attached hydrogens (tertiary/aromatic N) is 2. The second kappa shape index (κ2) is 4.10. The zero-order chi connectivity index (χ0) is 12.7. The van der Waals surface area contributed by atoms with Crippen molar-refractivity contribution < 1.29 is 0 Å². The summed E-state index contributed by atoms with van der Waals surface area (Å²) in [5.74, 6) is 0.819. The topological polar surface area (TPSA) is 41.6 Å². The van der Waals surface area contributed by atoms with Crippen molar-refractivity contribution >= 4 is 22.6 Å². The van der Waals surface area contributed by atoms with Crippen molar-refractivity contribution in [2.24, 2.45) is 0 Å². The van der Waals surface area contributed by atoms with E-state index in [0.29, 0.717) is 5.15 Å². The highest BCUT2D eigenvalue weighted by Gasteiger charge is 2.07. The molecule has 18 heavy (non-hydrogen) atoms. The molecule has 0 saturated carbocycles. The molecule has 2 heterocycles. The lowest BCUT2D eigenvalue weighted by Crippen LogP contribution is -1.81. The lowest BCUT2D eigenvalue weighted by atomic mass is 10.1. The average molecular weight is 258 g/mol. The summed E-state index contributed by atoms with van der Waals surface area (Å²) in [6.45, 7) is 4.19. The molecule has 0 aliphatic rings. The number of aromatic nitrogens is 3. The van der Waals surface area contributed by atoms with Gasteiger partial charge >= 0.3 is 0 Å². The van der Waals surface area contributed by atoms with Gasteiger partial charge in [0.2, 0.25) is 0 Å². The number of hydrogen-bond acceptors (Lipinski definition) is 2. The number of benzene rings is 1. The molecule has 3 rings (SSSR count). The minimum absolute atomic E-state index is 0.488. The van der Waals surface area contributed by atoms with Crippen LogP contribution < -0.4 is 0 Å². The Morgan fingerprint density at radius 2 is 1.89 bits per heavy atom. The molecule has 3 nitrogen and oxygen atoms in total. The van der Waals surface area contributed by atoms with Gasteiger partial charge < -0.3 is 4.98 Å². The number of pyridine rings is 1. The van der Waals surface area contributed by atoms with Crippen LogP contribution in [0.3, 0.4) is 0 Å². The van der Waals surface area contributed by atoms with Crippen molar-refractivity contribution in [3.63, 3.8) is 0 Å². The van der Waals surface area contributed by atoms with Crippen LogP contribution >= 0.6 is 11.6 Å². The molecule has 0 fully saturated rings. The van der Waals surface area contributed by atoms with E-state index in [1.54, 1.807) is 12.3 Å². The third-order valence-electron chi connectivity index (χ3n) is 3.10. The van der Waals surface area contributed by atoms with Crippen LogP contribution in [0.4, 0.5) is 0 Å². The van der Waals surface area contributed by atoms with Gasteiger partial charge in [0.05, 0.1) is 11.0 Å². The minimum Gasteiger partial charge on any atom is -0.338 e. The molecule has 0 radical (unpaired) electrons. The number of H-pyrrole nitrogens is 1. The van der Waals surface area contributed by atoms with Crippen LogP contribution in [-0.4, -0.2) is 15.0 Å². The maximum Gasteiger partial charge on any atom is 0.140 e. The Bertz CT molecular complexity index is 675. The molecule has 0 spiro atoms. The SMILES string of the molecule is Cc1cc2nc(-c3ccc(Cl)nc3)[nH]c2cc1C. The van der Waals surface area contributed by atoms with Crippen molar-refractivity contribution in [3.8, 4) is 11.4 Å². The number of nitrogens with one attached hydrogen (secondary N) is 1. The van der Waals surface area contributed by atoms with E-state index in [2.05, 4.69) is 40.9 Å². The summed E-state index contributed by atoms with van der Waals surface area (Å²) in [7, 11) is 0. The standard InChI is InChI=1S/C14H12ClN3/c1-8-5-11-12(6-9(8)2)18-14(17-11)10-3-4-13(15)16-7-10/h3-7H,1-2H3,(H,17,18). The number of fused-ring (bicyclic) bond motifs is 1. The molecular formula is C14H12ClN3. The fourth-order valence-corrected chi connectivity index (χ4v) is 2.03. The average Bonchev–Trinajstić information content (AvgIpc) is 2.73. The molecule has 3 aromatic rings. The summed E-state index contributed by atoms with van der Waals surface area (Å²) in [4.78, 5) is 11.9. The molecule has 0 amide bonds. The third-order valence-corrected chi connectivity index (χ3v) is 3.32. The molecule has 0 saturated heterocycles. The summed E-state index contributed by atoms with van der Waals surface area (Å²) < 4.78 is 0. The van der Waals surface area contributed by atoms with Gasteiger partial charge in [0.1, 0.15) is 11.0 Å². The first-order valence-corrected chi connectivity index (χ1v) is 6.10. The smallest absolute Gasteiger partial charge is 0.140 e. The molecule has 0 bridgehead atoms. The van der Waals surface area contributed by atoms with Gasteiger partial charge in [-0.25, -0.2) is 9.97 Å². The monoisotopic (exact) mass is 257 g/mol. The predicted molar refractivity (Wildman–Crippen MR) is 73.8 cm³/mol. The van der Waals surface area contributed by atoms with E-state index in [0.717, 1.165) is 22.4 Å². The Labute approximate surface area is 110 Å². The molecule has 0 atom stereocenters. The number of aryl methyl sites for hydroxylation is 2. The van der Waals surface area contributed by atoms with Crippen molar-refractivity contribution in [1.82, 2.24) is 15.0 Å². The normalized spacial score (nSPS) is 11.1. The Morgan fingerprint density at radius 1 is 1.11 bits per heavy atom. The van der Waals surface area contributed by atoms with E-state index >= 15 is 0 Å². The van der Waals surface area contributed by atoms with Gasteiger partial charge in [-0.1, -0.05) is 11.6 Å². The summed E-state index contributed by atoms with van der Waals surface area (Å²) in [5.41, 5.74) is 5.46. The number of halogens is 1. The minimum atomic E-state index is 0.488. The van der Waals surface area contributed by atoms with Crippen molar-refractivity contribution in [1.29, 1.82) is 0 Å². The zero-order valence-corrected chi connectivity index (χ0v) is 10.9. The lowest BCUT2D eigenvalue weighted by molar-refractivity contribution is 1.27. The molecule has 2 aromatic heterocycles. The predicted octanol–water partition coefficient (Wildman–Crippen LogP) is 3.90. The molecule has 90 valence electrons. The second-order valence-electron chi connectivity index (χ2n) is 4.41. The van der Waals surface area contributed by atoms with Crippen LogP contribution in [0.2, 0.25) is 5.15 Å². The van der Waals surface area contributed by atoms with Crippen LogP contribution in [0.25, 0.3) is 22.4 Å². The highest BCUT2D eigenvalue weighted by molar-refractivity contribution is 6.29. The summed E-state index contributed by atoms with van der Waals surface area (Å²) in [5, 5.41) is 0.488. The van der Waals surface area contributed by atoms with Gasteiger partial charge in [0.15, 0.2) is 0 Å². The van der Waals surface area contributed by atoms with E-state index in [1.165, 1.54) is 11.1 Å². The van der Waals surface area contributed by atoms with Gasteiger partial charge in [0.25, 0.3) is 0 Å². The Hall–Kier alpha value is -1.87. The number of hydrogen-bond donors (Lipinski definition) is 1. The first-order chi connectivity index (χ1) is 8.63. The summed E-state index contributed by atoms with van der Waals surface area (Å²) in [6.07, 6.45) is 1.72. The zero-order valence-electron chi connectivity index (χ0n) is 10.2. The molecule has 0 aliphatic heterocycles. The van der Waals surface area contributed by atoms with E-state index in [4.69, 9.17) is 11.6 Å². The number of rotatable bonds is 1. The van der Waals surface area contributed by atoms with Crippen LogP contribution in [0.15, 0.2) is 30.5 Å². The second-order valence-corrected chi connectivity index (χ2v) is 4.80. The lowest BCUT2D eigenvalue weighted by Gasteiger charge is -1.97. The van der Waals surface area contributed by atoms with Gasteiger partial charge in [0, 0.05) is 11.8 Å². The maximum absolute atomic E-state index is 5.78. The van der Waals surface area contributed by atoms with Crippen molar-refractivity contribution in [2.75, 3.05) is 0 Å². The largest absolute Gasteiger partial charge is 0.338 e. The van der Waals surface area contributed by atoms with Crippen LogP contribution in [0.1, 0.15) is 11.1 Å². The van der Waals surface area contributed by atoms with Gasteiger partial charge in [-0.2, -0.15) is 0 Å². The number of aromatic amines is 1. The van der Waals surface area contributed by atoms with Crippen LogP contribution in [-0.2, 0) is 0 Å². The fraction of sp³-hybridized carbons (Fsp3) is 0.143. The first-order valence-electron chi connectivity index (χ1n) is 5.72. The molecular weight excluding hydrogens is 246 g/mol.